The SMILES string of the molecule is CCCCc1nc2ccc(NS(=O)(=O)CCCC)nc2n1Cc1ccc(-c2ccccc2C(=O)O)cc1. The molecule has 4 rings (SSSR count). The van der Waals surface area contributed by atoms with Crippen LogP contribution in [0.25, 0.3) is 22.3 Å². The van der Waals surface area contributed by atoms with E-state index in [1.54, 1.807) is 30.3 Å². The Hall–Kier alpha value is -3.72. The standard InChI is InChI=1S/C28H32N4O4S/c1-3-5-11-26-29-24-16-17-25(31-37(35,36)18-6-4-2)30-27(24)32(26)19-20-12-14-21(15-13-20)22-9-7-8-10-23(22)28(33)34/h7-10,12-17H,3-6,11,18-19H2,1-2H3,(H,30,31)(H,33,34). The van der Waals surface area contributed by atoms with Crippen LogP contribution in [0.3, 0.4) is 0 Å². The van der Waals surface area contributed by atoms with Gasteiger partial charge < -0.3 is 9.67 Å². The van der Waals surface area contributed by atoms with E-state index in [0.717, 1.165) is 48.2 Å². The van der Waals surface area contributed by atoms with Crippen LogP contribution in [0.1, 0.15) is 61.3 Å². The first-order valence-electron chi connectivity index (χ1n) is 12.6. The van der Waals surface area contributed by atoms with Gasteiger partial charge in [-0.2, -0.15) is 0 Å². The molecule has 2 N–H and O–H groups in total. The van der Waals surface area contributed by atoms with Crippen molar-refractivity contribution in [2.24, 2.45) is 0 Å². The minimum absolute atomic E-state index is 0.0571. The Labute approximate surface area is 217 Å². The molecule has 0 unspecified atom stereocenters. The Morgan fingerprint density at radius 2 is 1.68 bits per heavy atom. The summed E-state index contributed by atoms with van der Waals surface area (Å²) in [7, 11) is -3.47. The molecule has 0 bridgehead atoms. The number of nitrogens with zero attached hydrogens (tertiary/aromatic N) is 3. The number of nitrogens with one attached hydrogen (secondary N) is 1. The summed E-state index contributed by atoms with van der Waals surface area (Å²) >= 11 is 0. The number of carbonyl (C=O) groups is 1. The number of carboxylic acids is 1. The predicted octanol–water partition coefficient (Wildman–Crippen LogP) is 5.73. The molecule has 0 atom stereocenters. The summed E-state index contributed by atoms with van der Waals surface area (Å²) in [5, 5.41) is 9.53. The number of carboxylic acid groups (broad SMARTS) is 1. The molecule has 0 amide bonds. The largest absolute Gasteiger partial charge is 0.478 e. The lowest BCUT2D eigenvalue weighted by molar-refractivity contribution is 0.0697. The van der Waals surface area contributed by atoms with Crippen molar-refractivity contribution < 1.29 is 18.3 Å². The van der Waals surface area contributed by atoms with Gasteiger partial charge in [-0.3, -0.25) is 4.72 Å². The topological polar surface area (TPSA) is 114 Å². The molecule has 0 spiro atoms. The maximum atomic E-state index is 12.4. The minimum atomic E-state index is -3.47. The number of sulfonamides is 1. The summed E-state index contributed by atoms with van der Waals surface area (Å²) in [6.45, 7) is 4.59. The smallest absolute Gasteiger partial charge is 0.336 e. The second-order valence-electron chi connectivity index (χ2n) is 9.08. The van der Waals surface area contributed by atoms with Crippen molar-refractivity contribution in [3.63, 3.8) is 0 Å². The fourth-order valence-corrected chi connectivity index (χ4v) is 5.44. The average Bonchev–Trinajstić information content (AvgIpc) is 3.22. The van der Waals surface area contributed by atoms with Crippen molar-refractivity contribution in [1.82, 2.24) is 14.5 Å². The highest BCUT2D eigenvalue weighted by atomic mass is 32.2. The number of hydrogen-bond donors (Lipinski definition) is 2. The molecule has 37 heavy (non-hydrogen) atoms. The number of benzene rings is 2. The number of aryl methyl sites for hydroxylation is 1. The minimum Gasteiger partial charge on any atom is -0.478 e. The Morgan fingerprint density at radius 1 is 0.946 bits per heavy atom. The lowest BCUT2D eigenvalue weighted by atomic mass is 9.99. The molecule has 0 radical (unpaired) electrons. The molecule has 0 saturated carbocycles. The van der Waals surface area contributed by atoms with Gasteiger partial charge >= 0.3 is 5.97 Å². The van der Waals surface area contributed by atoms with Crippen LogP contribution in [-0.2, 0) is 23.0 Å². The number of aromatic nitrogens is 3. The first-order chi connectivity index (χ1) is 17.8. The second kappa shape index (κ2) is 11.6. The number of rotatable bonds is 12. The quantitative estimate of drug-likeness (QED) is 0.247. The van der Waals surface area contributed by atoms with E-state index in [0.29, 0.717) is 24.2 Å². The highest BCUT2D eigenvalue weighted by Crippen LogP contribution is 2.26. The average molecular weight is 521 g/mol. The Morgan fingerprint density at radius 3 is 2.38 bits per heavy atom. The summed E-state index contributed by atoms with van der Waals surface area (Å²) in [6.07, 6.45) is 4.17. The van der Waals surface area contributed by atoms with Crippen LogP contribution in [0.4, 0.5) is 5.82 Å². The molecule has 2 aromatic heterocycles. The normalized spacial score (nSPS) is 11.6. The van der Waals surface area contributed by atoms with Crippen molar-refractivity contribution in [1.29, 1.82) is 0 Å². The summed E-state index contributed by atoms with van der Waals surface area (Å²) in [5.74, 6) is 0.280. The molecule has 0 saturated heterocycles. The van der Waals surface area contributed by atoms with Crippen LogP contribution in [0.2, 0.25) is 0 Å². The Kier molecular flexibility index (Phi) is 8.23. The van der Waals surface area contributed by atoms with Crippen LogP contribution < -0.4 is 4.72 Å². The van der Waals surface area contributed by atoms with E-state index in [9.17, 15) is 18.3 Å². The number of pyridine rings is 1. The van der Waals surface area contributed by atoms with Crippen molar-refractivity contribution in [3.8, 4) is 11.1 Å². The van der Waals surface area contributed by atoms with Gasteiger partial charge in [0.15, 0.2) is 5.65 Å². The summed E-state index contributed by atoms with van der Waals surface area (Å²) in [4.78, 5) is 21.1. The molecule has 8 nitrogen and oxygen atoms in total. The number of aromatic carboxylic acids is 1. The van der Waals surface area contributed by atoms with Gasteiger partial charge in [0, 0.05) is 6.42 Å². The zero-order valence-corrected chi connectivity index (χ0v) is 22.0. The van der Waals surface area contributed by atoms with Crippen LogP contribution >= 0.6 is 0 Å². The fourth-order valence-electron chi connectivity index (χ4n) is 4.24. The number of hydrogen-bond acceptors (Lipinski definition) is 5. The molecule has 2 aromatic carbocycles. The van der Waals surface area contributed by atoms with Crippen molar-refractivity contribution in [3.05, 3.63) is 77.6 Å². The Balaban J connectivity index is 1.66. The van der Waals surface area contributed by atoms with E-state index in [2.05, 4.69) is 16.6 Å². The molecule has 9 heteroatoms. The first-order valence-corrected chi connectivity index (χ1v) is 14.2. The number of fused-ring (bicyclic) bond motifs is 1. The Bertz CT molecular complexity index is 1490. The highest BCUT2D eigenvalue weighted by Gasteiger charge is 2.16. The van der Waals surface area contributed by atoms with Gasteiger partial charge in [-0.1, -0.05) is 69.2 Å². The zero-order chi connectivity index (χ0) is 26.4. The van der Waals surface area contributed by atoms with E-state index < -0.39 is 16.0 Å². The van der Waals surface area contributed by atoms with Gasteiger partial charge in [-0.15, -0.1) is 0 Å². The third-order valence-corrected chi connectivity index (χ3v) is 7.56. The van der Waals surface area contributed by atoms with E-state index in [1.165, 1.54) is 0 Å². The van der Waals surface area contributed by atoms with Crippen LogP contribution in [-0.4, -0.2) is 39.8 Å². The van der Waals surface area contributed by atoms with Crippen molar-refractivity contribution in [2.45, 2.75) is 52.5 Å². The molecule has 0 aliphatic carbocycles. The van der Waals surface area contributed by atoms with Gasteiger partial charge in [0.2, 0.25) is 10.0 Å². The van der Waals surface area contributed by atoms with Crippen LogP contribution in [0.5, 0.6) is 0 Å². The van der Waals surface area contributed by atoms with E-state index in [4.69, 9.17) is 4.98 Å². The second-order valence-corrected chi connectivity index (χ2v) is 10.9. The third-order valence-electron chi connectivity index (χ3n) is 6.22. The van der Waals surface area contributed by atoms with E-state index in [-0.39, 0.29) is 17.1 Å². The predicted molar refractivity (Wildman–Crippen MR) is 146 cm³/mol. The van der Waals surface area contributed by atoms with Crippen molar-refractivity contribution >= 4 is 33.0 Å². The molecule has 0 aliphatic rings. The summed E-state index contributed by atoms with van der Waals surface area (Å²) < 4.78 is 29.5. The first kappa shape index (κ1) is 26.3. The fraction of sp³-hybridized carbons (Fsp3) is 0.321. The van der Waals surface area contributed by atoms with Gasteiger partial charge in [0.05, 0.1) is 17.9 Å². The summed E-state index contributed by atoms with van der Waals surface area (Å²) in [6, 6.07) is 18.2. The van der Waals surface area contributed by atoms with E-state index in [1.807, 2.05) is 41.8 Å². The number of imidazole rings is 1. The molecular weight excluding hydrogens is 488 g/mol. The highest BCUT2D eigenvalue weighted by molar-refractivity contribution is 7.92. The van der Waals surface area contributed by atoms with Crippen LogP contribution in [0.15, 0.2) is 60.7 Å². The molecule has 0 aliphatic heterocycles. The van der Waals surface area contributed by atoms with Gasteiger partial charge in [0.25, 0.3) is 0 Å². The zero-order valence-electron chi connectivity index (χ0n) is 21.1. The van der Waals surface area contributed by atoms with Gasteiger partial charge in [-0.05, 0) is 47.7 Å². The third kappa shape index (κ3) is 6.35. The maximum Gasteiger partial charge on any atom is 0.336 e. The molecule has 194 valence electrons. The molecule has 2 heterocycles. The monoisotopic (exact) mass is 520 g/mol. The van der Waals surface area contributed by atoms with Crippen LogP contribution in [0, 0.1) is 0 Å². The van der Waals surface area contributed by atoms with Gasteiger partial charge in [-0.25, -0.2) is 23.2 Å². The molecular formula is C28H32N4O4S. The summed E-state index contributed by atoms with van der Waals surface area (Å²) in [5.41, 5.74) is 4.10. The lowest BCUT2D eigenvalue weighted by Crippen LogP contribution is -2.17. The van der Waals surface area contributed by atoms with E-state index >= 15 is 0 Å². The lowest BCUT2D eigenvalue weighted by Gasteiger charge is -2.11. The number of anilines is 1. The molecule has 4 aromatic rings. The maximum absolute atomic E-state index is 12.4. The molecule has 0 fully saturated rings. The number of unbranched alkanes of at least 4 members (excludes halogenated alkanes) is 2. The van der Waals surface area contributed by atoms with Crippen molar-refractivity contribution in [2.75, 3.05) is 10.5 Å². The van der Waals surface area contributed by atoms with Gasteiger partial charge in [0.1, 0.15) is 17.2 Å².